The monoisotopic (exact) mass is 216 g/mol. The molecular formula is C14H16O2. The standard InChI is InChI=1S/C14H16O2/c1-11(15)5-3-4-6-13-7-9-14(10-8-13)12(2)16/h4,6-10H,3,5H2,1-2H3/b6-4+. The number of hydrogen-bond acceptors (Lipinski definition) is 2. The van der Waals surface area contributed by atoms with Crippen LogP contribution in [0.5, 0.6) is 0 Å². The van der Waals surface area contributed by atoms with Gasteiger partial charge >= 0.3 is 0 Å². The number of benzene rings is 1. The molecule has 0 aliphatic carbocycles. The molecule has 0 aromatic heterocycles. The second-order valence-electron chi connectivity index (χ2n) is 3.82. The van der Waals surface area contributed by atoms with Crippen molar-refractivity contribution in [1.82, 2.24) is 0 Å². The van der Waals surface area contributed by atoms with Crippen molar-refractivity contribution in [2.24, 2.45) is 0 Å². The predicted octanol–water partition coefficient (Wildman–Crippen LogP) is 3.27. The Labute approximate surface area is 96.0 Å². The van der Waals surface area contributed by atoms with E-state index in [4.69, 9.17) is 0 Å². The Morgan fingerprint density at radius 1 is 1.12 bits per heavy atom. The topological polar surface area (TPSA) is 34.1 Å². The number of Topliss-reactive ketones (excluding diaryl/α,β-unsaturated/α-hetero) is 2. The van der Waals surface area contributed by atoms with Gasteiger partial charge in [-0.25, -0.2) is 0 Å². The summed E-state index contributed by atoms with van der Waals surface area (Å²) in [7, 11) is 0. The van der Waals surface area contributed by atoms with Crippen molar-refractivity contribution in [1.29, 1.82) is 0 Å². The lowest BCUT2D eigenvalue weighted by molar-refractivity contribution is -0.116. The summed E-state index contributed by atoms with van der Waals surface area (Å²) in [6.45, 7) is 3.15. The highest BCUT2D eigenvalue weighted by atomic mass is 16.1. The van der Waals surface area contributed by atoms with E-state index in [2.05, 4.69) is 0 Å². The zero-order valence-corrected chi connectivity index (χ0v) is 9.69. The van der Waals surface area contributed by atoms with Crippen molar-refractivity contribution < 1.29 is 9.59 Å². The minimum absolute atomic E-state index is 0.0760. The van der Waals surface area contributed by atoms with Crippen molar-refractivity contribution in [2.45, 2.75) is 26.7 Å². The van der Waals surface area contributed by atoms with Crippen molar-refractivity contribution in [3.05, 3.63) is 41.5 Å². The van der Waals surface area contributed by atoms with Crippen molar-refractivity contribution in [2.75, 3.05) is 0 Å². The molecule has 1 aromatic rings. The van der Waals surface area contributed by atoms with Gasteiger partial charge in [-0.05, 0) is 25.8 Å². The third-order valence-corrected chi connectivity index (χ3v) is 2.29. The first-order valence-electron chi connectivity index (χ1n) is 5.36. The molecule has 0 bridgehead atoms. The molecule has 0 radical (unpaired) electrons. The summed E-state index contributed by atoms with van der Waals surface area (Å²) in [5.41, 5.74) is 1.77. The average Bonchev–Trinajstić information content (AvgIpc) is 2.25. The van der Waals surface area contributed by atoms with Gasteiger partial charge in [-0.15, -0.1) is 0 Å². The number of ketones is 2. The van der Waals surface area contributed by atoms with E-state index in [1.807, 2.05) is 36.4 Å². The summed E-state index contributed by atoms with van der Waals surface area (Å²) in [6.07, 6.45) is 5.29. The van der Waals surface area contributed by atoms with Crippen LogP contribution in [0.15, 0.2) is 30.3 Å². The van der Waals surface area contributed by atoms with Crippen LogP contribution in [0.4, 0.5) is 0 Å². The molecule has 0 fully saturated rings. The van der Waals surface area contributed by atoms with Crippen molar-refractivity contribution in [3.8, 4) is 0 Å². The van der Waals surface area contributed by atoms with Gasteiger partial charge in [0.25, 0.3) is 0 Å². The van der Waals surface area contributed by atoms with E-state index in [1.54, 1.807) is 13.8 Å². The van der Waals surface area contributed by atoms with Crippen LogP contribution in [0, 0.1) is 0 Å². The zero-order chi connectivity index (χ0) is 12.0. The molecule has 0 amide bonds. The van der Waals surface area contributed by atoms with Crippen LogP contribution in [0.3, 0.4) is 0 Å². The predicted molar refractivity (Wildman–Crippen MR) is 65.4 cm³/mol. The first-order chi connectivity index (χ1) is 7.59. The molecule has 0 aliphatic heterocycles. The summed E-state index contributed by atoms with van der Waals surface area (Å²) < 4.78 is 0. The van der Waals surface area contributed by atoms with Crippen LogP contribution in [0.1, 0.15) is 42.6 Å². The van der Waals surface area contributed by atoms with Crippen LogP contribution >= 0.6 is 0 Å². The Balaban J connectivity index is 2.55. The number of hydrogen-bond donors (Lipinski definition) is 0. The van der Waals surface area contributed by atoms with E-state index in [-0.39, 0.29) is 11.6 Å². The van der Waals surface area contributed by atoms with Gasteiger partial charge in [0.1, 0.15) is 5.78 Å². The van der Waals surface area contributed by atoms with E-state index < -0.39 is 0 Å². The molecule has 1 rings (SSSR count). The number of rotatable bonds is 5. The van der Waals surface area contributed by atoms with Crippen LogP contribution in [-0.2, 0) is 4.79 Å². The summed E-state index contributed by atoms with van der Waals surface area (Å²) >= 11 is 0. The summed E-state index contributed by atoms with van der Waals surface area (Å²) in [4.78, 5) is 21.7. The van der Waals surface area contributed by atoms with E-state index in [0.717, 1.165) is 17.5 Å². The molecule has 84 valence electrons. The number of allylic oxidation sites excluding steroid dienone is 1. The molecule has 0 heterocycles. The number of carbonyl (C=O) groups excluding carboxylic acids is 2. The van der Waals surface area contributed by atoms with Gasteiger partial charge in [0.15, 0.2) is 5.78 Å². The maximum absolute atomic E-state index is 11.0. The lowest BCUT2D eigenvalue weighted by atomic mass is 10.1. The summed E-state index contributed by atoms with van der Waals surface area (Å²) in [6, 6.07) is 7.43. The van der Waals surface area contributed by atoms with E-state index in [9.17, 15) is 9.59 Å². The first-order valence-corrected chi connectivity index (χ1v) is 5.36. The SMILES string of the molecule is CC(=O)CC/C=C/c1ccc(C(C)=O)cc1. The fourth-order valence-electron chi connectivity index (χ4n) is 1.33. The van der Waals surface area contributed by atoms with Crippen molar-refractivity contribution in [3.63, 3.8) is 0 Å². The molecule has 0 N–H and O–H groups in total. The first kappa shape index (κ1) is 12.4. The molecule has 0 saturated carbocycles. The van der Waals surface area contributed by atoms with Gasteiger partial charge in [0.05, 0.1) is 0 Å². The van der Waals surface area contributed by atoms with Crippen molar-refractivity contribution >= 4 is 17.6 Å². The Morgan fingerprint density at radius 3 is 2.25 bits per heavy atom. The van der Waals surface area contributed by atoms with E-state index >= 15 is 0 Å². The van der Waals surface area contributed by atoms with E-state index in [0.29, 0.717) is 6.42 Å². The highest BCUT2D eigenvalue weighted by Crippen LogP contribution is 2.07. The third-order valence-electron chi connectivity index (χ3n) is 2.29. The largest absolute Gasteiger partial charge is 0.300 e. The van der Waals surface area contributed by atoms with E-state index in [1.165, 1.54) is 0 Å². The fraction of sp³-hybridized carbons (Fsp3) is 0.286. The lowest BCUT2D eigenvalue weighted by Gasteiger charge is -1.96. The Bertz CT molecular complexity index is 399. The molecule has 0 spiro atoms. The normalized spacial score (nSPS) is 10.6. The Hall–Kier alpha value is -1.70. The highest BCUT2D eigenvalue weighted by molar-refractivity contribution is 5.94. The Morgan fingerprint density at radius 2 is 1.75 bits per heavy atom. The molecule has 0 saturated heterocycles. The minimum atomic E-state index is 0.0760. The maximum atomic E-state index is 11.0. The molecule has 16 heavy (non-hydrogen) atoms. The second-order valence-corrected chi connectivity index (χ2v) is 3.82. The number of carbonyl (C=O) groups is 2. The van der Waals surface area contributed by atoms with Gasteiger partial charge < -0.3 is 4.79 Å². The zero-order valence-electron chi connectivity index (χ0n) is 9.69. The third kappa shape index (κ3) is 4.22. The van der Waals surface area contributed by atoms with Crippen LogP contribution in [0.25, 0.3) is 6.08 Å². The molecular weight excluding hydrogens is 200 g/mol. The van der Waals surface area contributed by atoms with Gasteiger partial charge in [-0.3, -0.25) is 4.79 Å². The molecule has 0 atom stereocenters. The van der Waals surface area contributed by atoms with Crippen LogP contribution in [-0.4, -0.2) is 11.6 Å². The van der Waals surface area contributed by atoms with Gasteiger partial charge in [-0.2, -0.15) is 0 Å². The quantitative estimate of drug-likeness (QED) is 0.708. The van der Waals surface area contributed by atoms with Gasteiger partial charge in [0.2, 0.25) is 0 Å². The molecule has 2 nitrogen and oxygen atoms in total. The molecule has 2 heteroatoms. The van der Waals surface area contributed by atoms with Gasteiger partial charge in [-0.1, -0.05) is 36.4 Å². The molecule has 0 unspecified atom stereocenters. The summed E-state index contributed by atoms with van der Waals surface area (Å²) in [5, 5.41) is 0. The average molecular weight is 216 g/mol. The molecule has 1 aromatic carbocycles. The van der Waals surface area contributed by atoms with Gasteiger partial charge in [0, 0.05) is 12.0 Å². The lowest BCUT2D eigenvalue weighted by Crippen LogP contribution is -1.90. The maximum Gasteiger partial charge on any atom is 0.159 e. The van der Waals surface area contributed by atoms with Crippen LogP contribution in [0.2, 0.25) is 0 Å². The second kappa shape index (κ2) is 6.01. The fourth-order valence-corrected chi connectivity index (χ4v) is 1.33. The smallest absolute Gasteiger partial charge is 0.159 e. The summed E-state index contributed by atoms with van der Waals surface area (Å²) in [5.74, 6) is 0.281. The molecule has 0 aliphatic rings. The van der Waals surface area contributed by atoms with Crippen LogP contribution < -0.4 is 0 Å². The Kier molecular flexibility index (Phi) is 4.65. The minimum Gasteiger partial charge on any atom is -0.300 e. The highest BCUT2D eigenvalue weighted by Gasteiger charge is 1.96.